The smallest absolute Gasteiger partial charge is 0.142 e. The molecule has 3 rings (SSSR count). The number of halogens is 1. The maximum absolute atomic E-state index is 13.4. The van der Waals surface area contributed by atoms with Gasteiger partial charge in [0.1, 0.15) is 18.2 Å². The second-order valence-corrected chi connectivity index (χ2v) is 5.14. The molecule has 0 aliphatic rings. The van der Waals surface area contributed by atoms with E-state index in [0.717, 1.165) is 11.8 Å². The van der Waals surface area contributed by atoms with Crippen LogP contribution in [0, 0.1) is 5.82 Å². The zero-order valence-corrected chi connectivity index (χ0v) is 12.4. The number of hydrogen-bond donors (Lipinski definition) is 1. The molecule has 4 heteroatoms. The Labute approximate surface area is 134 Å². The van der Waals surface area contributed by atoms with E-state index in [9.17, 15) is 9.50 Å². The van der Waals surface area contributed by atoms with E-state index >= 15 is 0 Å². The van der Waals surface area contributed by atoms with Crippen molar-refractivity contribution >= 4 is 0 Å². The summed E-state index contributed by atoms with van der Waals surface area (Å²) in [7, 11) is 0. The zero-order chi connectivity index (χ0) is 16.1. The predicted molar refractivity (Wildman–Crippen MR) is 86.3 cm³/mol. The Morgan fingerprint density at radius 3 is 2.57 bits per heavy atom. The molecule has 0 atom stereocenters. The number of aliphatic hydroxyl groups is 1. The van der Waals surface area contributed by atoms with Crippen molar-refractivity contribution < 1.29 is 14.2 Å². The van der Waals surface area contributed by atoms with Crippen LogP contribution in [0.3, 0.4) is 0 Å². The number of ether oxygens (including phenoxy) is 1. The van der Waals surface area contributed by atoms with Gasteiger partial charge < -0.3 is 9.84 Å². The second kappa shape index (κ2) is 7.03. The van der Waals surface area contributed by atoms with Crippen LogP contribution >= 0.6 is 0 Å². The van der Waals surface area contributed by atoms with Crippen LogP contribution in [0.15, 0.2) is 67.0 Å². The molecule has 0 radical (unpaired) electrons. The lowest BCUT2D eigenvalue weighted by Crippen LogP contribution is -1.97. The summed E-state index contributed by atoms with van der Waals surface area (Å²) >= 11 is 0. The molecule has 0 aliphatic heterocycles. The van der Waals surface area contributed by atoms with Crippen LogP contribution in [0.25, 0.3) is 11.1 Å². The fourth-order valence-corrected chi connectivity index (χ4v) is 2.35. The summed E-state index contributed by atoms with van der Waals surface area (Å²) < 4.78 is 19.2. The molecule has 0 bridgehead atoms. The third-order valence-corrected chi connectivity index (χ3v) is 3.52. The highest BCUT2D eigenvalue weighted by Crippen LogP contribution is 2.28. The molecule has 23 heavy (non-hydrogen) atoms. The molecule has 0 amide bonds. The minimum Gasteiger partial charge on any atom is -0.489 e. The summed E-state index contributed by atoms with van der Waals surface area (Å²) in [5.74, 6) is 0.243. The minimum absolute atomic E-state index is 0.134. The number of benzene rings is 2. The van der Waals surface area contributed by atoms with Crippen molar-refractivity contribution in [2.75, 3.05) is 0 Å². The van der Waals surface area contributed by atoms with Crippen LogP contribution in [0.1, 0.15) is 11.1 Å². The molecule has 3 nitrogen and oxygen atoms in total. The molecule has 0 fully saturated rings. The Morgan fingerprint density at radius 1 is 1.00 bits per heavy atom. The van der Waals surface area contributed by atoms with Gasteiger partial charge in [-0.25, -0.2) is 4.39 Å². The second-order valence-electron chi connectivity index (χ2n) is 5.14. The van der Waals surface area contributed by atoms with Crippen LogP contribution in [-0.2, 0) is 13.2 Å². The van der Waals surface area contributed by atoms with Gasteiger partial charge in [-0.05, 0) is 34.9 Å². The normalized spacial score (nSPS) is 10.5. The first-order valence-corrected chi connectivity index (χ1v) is 7.27. The Hall–Kier alpha value is -2.72. The van der Waals surface area contributed by atoms with Crippen LogP contribution in [0.4, 0.5) is 4.39 Å². The van der Waals surface area contributed by atoms with E-state index in [1.54, 1.807) is 24.4 Å². The highest BCUT2D eigenvalue weighted by atomic mass is 19.1. The summed E-state index contributed by atoms with van der Waals surface area (Å²) in [5, 5.41) is 9.49. The van der Waals surface area contributed by atoms with Gasteiger partial charge in [0.2, 0.25) is 0 Å². The number of rotatable bonds is 5. The summed E-state index contributed by atoms with van der Waals surface area (Å²) in [6, 6.07) is 16.6. The topological polar surface area (TPSA) is 42.4 Å². The van der Waals surface area contributed by atoms with E-state index < -0.39 is 5.82 Å². The predicted octanol–water partition coefficient (Wildman–Crippen LogP) is 3.96. The van der Waals surface area contributed by atoms with Crippen LogP contribution in [0.2, 0.25) is 0 Å². The monoisotopic (exact) mass is 309 g/mol. The Kier molecular flexibility index (Phi) is 4.64. The van der Waals surface area contributed by atoms with Crippen molar-refractivity contribution in [1.82, 2.24) is 4.98 Å². The maximum atomic E-state index is 13.4. The maximum Gasteiger partial charge on any atom is 0.142 e. The Bertz CT molecular complexity index is 790. The Morgan fingerprint density at radius 2 is 1.83 bits per heavy atom. The first-order chi connectivity index (χ1) is 11.3. The fraction of sp³-hybridized carbons (Fsp3) is 0.105. The van der Waals surface area contributed by atoms with Crippen molar-refractivity contribution in [2.24, 2.45) is 0 Å². The van der Waals surface area contributed by atoms with Gasteiger partial charge in [-0.1, -0.05) is 36.4 Å². The number of aromatic nitrogens is 1. The van der Waals surface area contributed by atoms with Gasteiger partial charge in [0, 0.05) is 11.8 Å². The molecule has 0 saturated carbocycles. The lowest BCUT2D eigenvalue weighted by molar-refractivity contribution is 0.281. The number of pyridine rings is 1. The highest BCUT2D eigenvalue weighted by Gasteiger charge is 2.08. The zero-order valence-electron chi connectivity index (χ0n) is 12.4. The van der Waals surface area contributed by atoms with Crippen molar-refractivity contribution in [1.29, 1.82) is 0 Å². The third kappa shape index (κ3) is 3.73. The van der Waals surface area contributed by atoms with Gasteiger partial charge in [-0.2, -0.15) is 0 Å². The van der Waals surface area contributed by atoms with Gasteiger partial charge in [0.15, 0.2) is 0 Å². The van der Waals surface area contributed by atoms with Crippen molar-refractivity contribution in [2.45, 2.75) is 13.2 Å². The van der Waals surface area contributed by atoms with Gasteiger partial charge >= 0.3 is 0 Å². The highest BCUT2D eigenvalue weighted by molar-refractivity contribution is 5.68. The van der Waals surface area contributed by atoms with Gasteiger partial charge in [0.25, 0.3) is 0 Å². The van der Waals surface area contributed by atoms with E-state index in [0.29, 0.717) is 29.0 Å². The van der Waals surface area contributed by atoms with Crippen molar-refractivity contribution in [3.05, 3.63) is 83.9 Å². The lowest BCUT2D eigenvalue weighted by Gasteiger charge is -2.12. The largest absolute Gasteiger partial charge is 0.489 e. The molecule has 3 aromatic rings. The molecule has 0 saturated heterocycles. The summed E-state index contributed by atoms with van der Waals surface area (Å²) in [5.41, 5.74) is 3.08. The number of hydrogen-bond acceptors (Lipinski definition) is 3. The van der Waals surface area contributed by atoms with Crippen LogP contribution in [0.5, 0.6) is 5.75 Å². The van der Waals surface area contributed by atoms with Gasteiger partial charge in [-0.3, -0.25) is 4.98 Å². The first kappa shape index (κ1) is 15.2. The molecule has 0 spiro atoms. The number of nitrogens with zero attached hydrogens (tertiary/aromatic N) is 1. The fourth-order valence-electron chi connectivity index (χ4n) is 2.35. The SMILES string of the molecule is OCc1ccc(OCc2ccccc2)cc1-c1cncc(F)c1. The van der Waals surface area contributed by atoms with Crippen molar-refractivity contribution in [3.8, 4) is 16.9 Å². The minimum atomic E-state index is -0.415. The average Bonchev–Trinajstić information content (AvgIpc) is 2.60. The van der Waals surface area contributed by atoms with E-state index in [-0.39, 0.29) is 6.61 Å². The average molecular weight is 309 g/mol. The molecule has 116 valence electrons. The van der Waals surface area contributed by atoms with E-state index in [4.69, 9.17) is 4.74 Å². The third-order valence-electron chi connectivity index (χ3n) is 3.52. The molecular weight excluding hydrogens is 293 g/mol. The van der Waals surface area contributed by atoms with Crippen molar-refractivity contribution in [3.63, 3.8) is 0 Å². The van der Waals surface area contributed by atoms with E-state index in [2.05, 4.69) is 4.98 Å². The first-order valence-electron chi connectivity index (χ1n) is 7.27. The van der Waals surface area contributed by atoms with Gasteiger partial charge in [-0.15, -0.1) is 0 Å². The lowest BCUT2D eigenvalue weighted by atomic mass is 10.0. The van der Waals surface area contributed by atoms with E-state index in [1.807, 2.05) is 30.3 Å². The molecule has 1 N–H and O–H groups in total. The number of aliphatic hydroxyl groups excluding tert-OH is 1. The molecular formula is C19H16FNO2. The van der Waals surface area contributed by atoms with Crippen LogP contribution in [-0.4, -0.2) is 10.1 Å². The molecule has 0 aliphatic carbocycles. The summed E-state index contributed by atoms with van der Waals surface area (Å²) in [4.78, 5) is 3.86. The molecule has 1 aromatic heterocycles. The van der Waals surface area contributed by atoms with Crippen LogP contribution < -0.4 is 4.74 Å². The quantitative estimate of drug-likeness (QED) is 0.775. The van der Waals surface area contributed by atoms with Gasteiger partial charge in [0.05, 0.1) is 12.8 Å². The molecule has 1 heterocycles. The summed E-state index contributed by atoms with van der Waals surface area (Å²) in [6.45, 7) is 0.310. The van der Waals surface area contributed by atoms with E-state index in [1.165, 1.54) is 6.07 Å². The Balaban J connectivity index is 1.87. The standard InChI is InChI=1S/C19H16FNO2/c20-17-8-16(10-21-11-17)19-9-18(7-6-15(19)12-22)23-13-14-4-2-1-3-5-14/h1-11,22H,12-13H2. The molecule has 2 aromatic carbocycles. The molecule has 0 unspecified atom stereocenters. The summed E-state index contributed by atoms with van der Waals surface area (Å²) in [6.07, 6.45) is 2.72.